The number of carbonyl (C=O) groups excluding carboxylic acids is 1. The van der Waals surface area contributed by atoms with Gasteiger partial charge in [-0.2, -0.15) is 0 Å². The molecule has 0 bridgehead atoms. The number of halogens is 1. The molecule has 5 heteroatoms. The fourth-order valence-electron chi connectivity index (χ4n) is 3.00. The number of benzene rings is 2. The lowest BCUT2D eigenvalue weighted by Gasteiger charge is -2.30. The molecule has 3 rings (SSSR count). The molecule has 2 aromatic rings. The molecule has 2 aromatic carbocycles. The van der Waals surface area contributed by atoms with Gasteiger partial charge in [-0.15, -0.1) is 0 Å². The third-order valence-corrected chi connectivity index (χ3v) is 4.57. The van der Waals surface area contributed by atoms with E-state index in [1.807, 2.05) is 36.4 Å². The number of carbonyl (C=O) groups is 1. The molecule has 0 saturated carbocycles. The van der Waals surface area contributed by atoms with Crippen molar-refractivity contribution in [2.24, 2.45) is 4.99 Å². The van der Waals surface area contributed by atoms with Gasteiger partial charge in [-0.25, -0.2) is 4.99 Å². The Kier molecular flexibility index (Phi) is 6.42. The zero-order valence-electron chi connectivity index (χ0n) is 15.0. The summed E-state index contributed by atoms with van der Waals surface area (Å²) >= 11 is 6.17. The van der Waals surface area contributed by atoms with E-state index in [4.69, 9.17) is 21.3 Å². The fourth-order valence-corrected chi connectivity index (χ4v) is 3.17. The summed E-state index contributed by atoms with van der Waals surface area (Å²) in [5.74, 6) is 0.935. The molecule has 0 unspecified atom stereocenters. The van der Waals surface area contributed by atoms with Crippen LogP contribution >= 0.6 is 11.6 Å². The fraction of sp³-hybridized carbons (Fsp3) is 0.333. The van der Waals surface area contributed by atoms with Crippen LogP contribution in [0.5, 0.6) is 0 Å². The second-order valence-electron chi connectivity index (χ2n) is 6.23. The number of nitrogens with zero attached hydrogens (tertiary/aromatic N) is 2. The molecular formula is C21H23ClN2O2. The summed E-state index contributed by atoms with van der Waals surface area (Å²) < 4.78 is 5.45. The second kappa shape index (κ2) is 8.97. The molecule has 0 amide bonds. The van der Waals surface area contributed by atoms with Crippen LogP contribution in [0.1, 0.15) is 35.7 Å². The Hall–Kier alpha value is -2.17. The molecule has 0 atom stereocenters. The van der Waals surface area contributed by atoms with Crippen LogP contribution in [-0.4, -0.2) is 42.8 Å². The third kappa shape index (κ3) is 4.51. The van der Waals surface area contributed by atoms with Crippen LogP contribution in [-0.2, 0) is 4.74 Å². The van der Waals surface area contributed by atoms with Gasteiger partial charge in [0.25, 0.3) is 0 Å². The average molecular weight is 371 g/mol. The molecule has 0 radical (unpaired) electrons. The van der Waals surface area contributed by atoms with Crippen molar-refractivity contribution in [3.63, 3.8) is 0 Å². The lowest BCUT2D eigenvalue weighted by atomic mass is 10.0. The average Bonchev–Trinajstić information content (AvgIpc) is 2.69. The number of hydrogen-bond acceptors (Lipinski definition) is 3. The molecule has 0 spiro atoms. The van der Waals surface area contributed by atoms with Crippen molar-refractivity contribution in [1.82, 2.24) is 4.90 Å². The Bertz CT molecular complexity index is 784. The monoisotopic (exact) mass is 370 g/mol. The molecular weight excluding hydrogens is 348 g/mol. The standard InChI is InChI=1S/C21H23ClN2O2/c1-2-6-20(24-11-13-26-14-12-24)23-19-10-9-17(22)15-18(19)21(25)16-7-4-3-5-8-16/h3-5,7-10,15H,2,6,11-14H2,1H3. The third-order valence-electron chi connectivity index (χ3n) is 4.34. The molecule has 0 aromatic heterocycles. The molecule has 1 fully saturated rings. The molecule has 26 heavy (non-hydrogen) atoms. The Morgan fingerprint density at radius 2 is 1.88 bits per heavy atom. The highest BCUT2D eigenvalue weighted by Gasteiger charge is 2.18. The number of aliphatic imine (C=N–C) groups is 1. The minimum atomic E-state index is -0.0651. The van der Waals surface area contributed by atoms with Crippen molar-refractivity contribution in [3.05, 3.63) is 64.7 Å². The largest absolute Gasteiger partial charge is 0.378 e. The Balaban J connectivity index is 1.99. The van der Waals surface area contributed by atoms with Gasteiger partial charge in [0.15, 0.2) is 5.78 Å². The van der Waals surface area contributed by atoms with Crippen molar-refractivity contribution < 1.29 is 9.53 Å². The highest BCUT2D eigenvalue weighted by Crippen LogP contribution is 2.27. The van der Waals surface area contributed by atoms with Crippen LogP contribution in [0, 0.1) is 0 Å². The first kappa shape index (κ1) is 18.6. The number of rotatable bonds is 5. The molecule has 0 aliphatic carbocycles. The zero-order chi connectivity index (χ0) is 18.4. The maximum absolute atomic E-state index is 13.0. The van der Waals surface area contributed by atoms with E-state index < -0.39 is 0 Å². The first-order valence-electron chi connectivity index (χ1n) is 8.98. The number of amidine groups is 1. The van der Waals surface area contributed by atoms with Crippen LogP contribution in [0.3, 0.4) is 0 Å². The Morgan fingerprint density at radius 1 is 1.15 bits per heavy atom. The van der Waals surface area contributed by atoms with Crippen LogP contribution in [0.15, 0.2) is 53.5 Å². The van der Waals surface area contributed by atoms with E-state index in [0.29, 0.717) is 35.1 Å². The number of ether oxygens (including phenoxy) is 1. The van der Waals surface area contributed by atoms with Crippen LogP contribution in [0.25, 0.3) is 0 Å². The smallest absolute Gasteiger partial charge is 0.195 e. The summed E-state index contributed by atoms with van der Waals surface area (Å²) in [6.07, 6.45) is 1.85. The SMILES string of the molecule is CCCC(=Nc1ccc(Cl)cc1C(=O)c1ccccc1)N1CCOCC1. The first-order chi connectivity index (χ1) is 12.7. The lowest BCUT2D eigenvalue weighted by molar-refractivity contribution is 0.0672. The van der Waals surface area contributed by atoms with Gasteiger partial charge in [-0.3, -0.25) is 4.79 Å². The predicted octanol–water partition coefficient (Wildman–Crippen LogP) is 4.73. The maximum atomic E-state index is 13.0. The van der Waals surface area contributed by atoms with Crippen LogP contribution in [0.2, 0.25) is 5.02 Å². The van der Waals surface area contributed by atoms with Gasteiger partial charge < -0.3 is 9.64 Å². The maximum Gasteiger partial charge on any atom is 0.195 e. The zero-order valence-corrected chi connectivity index (χ0v) is 15.7. The quantitative estimate of drug-likeness (QED) is 0.434. The van der Waals surface area contributed by atoms with E-state index in [2.05, 4.69) is 11.8 Å². The Labute approximate surface area is 159 Å². The molecule has 1 heterocycles. The van der Waals surface area contributed by atoms with Gasteiger partial charge in [0.05, 0.1) is 18.9 Å². The van der Waals surface area contributed by atoms with E-state index in [1.165, 1.54) is 0 Å². The van der Waals surface area contributed by atoms with Crippen molar-refractivity contribution in [1.29, 1.82) is 0 Å². The summed E-state index contributed by atoms with van der Waals surface area (Å²) in [6.45, 7) is 5.20. The highest BCUT2D eigenvalue weighted by molar-refractivity contribution is 6.31. The van der Waals surface area contributed by atoms with E-state index in [9.17, 15) is 4.79 Å². The lowest BCUT2D eigenvalue weighted by Crippen LogP contribution is -2.40. The van der Waals surface area contributed by atoms with E-state index >= 15 is 0 Å². The van der Waals surface area contributed by atoms with Crippen molar-refractivity contribution in [3.8, 4) is 0 Å². The van der Waals surface area contributed by atoms with Crippen molar-refractivity contribution in [2.45, 2.75) is 19.8 Å². The molecule has 4 nitrogen and oxygen atoms in total. The number of hydrogen-bond donors (Lipinski definition) is 0. The molecule has 1 saturated heterocycles. The summed E-state index contributed by atoms with van der Waals surface area (Å²) in [5.41, 5.74) is 1.83. The molecule has 136 valence electrons. The molecule has 1 aliphatic heterocycles. The number of morpholine rings is 1. The van der Waals surface area contributed by atoms with Gasteiger partial charge in [0.1, 0.15) is 5.84 Å². The second-order valence-corrected chi connectivity index (χ2v) is 6.67. The highest BCUT2D eigenvalue weighted by atomic mass is 35.5. The Morgan fingerprint density at radius 3 is 2.58 bits per heavy atom. The summed E-state index contributed by atoms with van der Waals surface area (Å²) in [5, 5.41) is 0.534. The minimum Gasteiger partial charge on any atom is -0.378 e. The summed E-state index contributed by atoms with van der Waals surface area (Å²) in [7, 11) is 0. The van der Waals surface area contributed by atoms with Crippen molar-refractivity contribution in [2.75, 3.05) is 26.3 Å². The van der Waals surface area contributed by atoms with E-state index in [-0.39, 0.29) is 5.78 Å². The van der Waals surface area contributed by atoms with Gasteiger partial charge in [0, 0.05) is 35.7 Å². The van der Waals surface area contributed by atoms with Crippen molar-refractivity contribution >= 4 is 28.9 Å². The van der Waals surface area contributed by atoms with Gasteiger partial charge in [-0.05, 0) is 24.6 Å². The van der Waals surface area contributed by atoms with Crippen LogP contribution in [0.4, 0.5) is 5.69 Å². The van der Waals surface area contributed by atoms with Gasteiger partial charge in [0.2, 0.25) is 0 Å². The summed E-state index contributed by atoms with van der Waals surface area (Å²) in [6, 6.07) is 14.6. The summed E-state index contributed by atoms with van der Waals surface area (Å²) in [4.78, 5) is 20.1. The van der Waals surface area contributed by atoms with Crippen LogP contribution < -0.4 is 0 Å². The predicted molar refractivity (Wildman–Crippen MR) is 106 cm³/mol. The minimum absolute atomic E-state index is 0.0651. The first-order valence-corrected chi connectivity index (χ1v) is 9.36. The van der Waals surface area contributed by atoms with Gasteiger partial charge >= 0.3 is 0 Å². The molecule has 1 aliphatic rings. The van der Waals surface area contributed by atoms with Gasteiger partial charge in [-0.1, -0.05) is 48.9 Å². The van der Waals surface area contributed by atoms with E-state index in [0.717, 1.165) is 31.8 Å². The van der Waals surface area contributed by atoms with E-state index in [1.54, 1.807) is 12.1 Å². The topological polar surface area (TPSA) is 41.9 Å². The normalized spacial score (nSPS) is 15.2. The number of ketones is 1. The molecule has 0 N–H and O–H groups in total.